The highest BCUT2D eigenvalue weighted by Gasteiger charge is 2.52. The highest BCUT2D eigenvalue weighted by atomic mass is 31.2. The minimum Gasteiger partial charge on any atom is -0.382 e. The van der Waals surface area contributed by atoms with Crippen molar-refractivity contribution in [1.29, 1.82) is 0 Å². The van der Waals surface area contributed by atoms with Gasteiger partial charge in [-0.2, -0.15) is 4.98 Å². The van der Waals surface area contributed by atoms with Gasteiger partial charge in [-0.15, -0.1) is 0 Å². The van der Waals surface area contributed by atoms with E-state index in [2.05, 4.69) is 48.7 Å². The van der Waals surface area contributed by atoms with Crippen LogP contribution in [0.2, 0.25) is 0 Å². The first-order chi connectivity index (χ1) is 57.6. The summed E-state index contributed by atoms with van der Waals surface area (Å²) >= 11 is 0. The van der Waals surface area contributed by atoms with Crippen molar-refractivity contribution in [3.8, 4) is 0 Å². The van der Waals surface area contributed by atoms with Gasteiger partial charge in [0.05, 0.1) is 139 Å². The van der Waals surface area contributed by atoms with E-state index in [0.717, 1.165) is 0 Å². The number of hydrogen-bond donors (Lipinski definition) is 3. The van der Waals surface area contributed by atoms with E-state index >= 15 is 27.4 Å². The summed E-state index contributed by atoms with van der Waals surface area (Å²) in [4.78, 5) is 39.7. The number of rotatable bonds is 38. The van der Waals surface area contributed by atoms with E-state index in [-0.39, 0.29) is 159 Å². The van der Waals surface area contributed by atoms with Gasteiger partial charge < -0.3 is 76.3 Å². The van der Waals surface area contributed by atoms with Gasteiger partial charge in [0.2, 0.25) is 5.95 Å². The molecule has 46 nitrogen and oxygen atoms in total. The largest absolute Gasteiger partial charge is 0.382 e. The van der Waals surface area contributed by atoms with Crippen LogP contribution in [0.15, 0.2) is 23.8 Å². The number of H-pyrrole nitrogens is 1. The Bertz CT molecular complexity index is 4600. The fraction of sp³-hybridized carbons (Fsp3) is 0.857. The number of morpholine rings is 7. The Hall–Kier alpha value is -3.01. The van der Waals surface area contributed by atoms with Crippen molar-refractivity contribution in [3.63, 3.8) is 0 Å². The number of nitrogens with two attached hydrogens (primary N) is 2. The van der Waals surface area contributed by atoms with E-state index < -0.39 is 139 Å². The van der Waals surface area contributed by atoms with E-state index in [1.54, 1.807) is 147 Å². The van der Waals surface area contributed by atoms with Crippen molar-refractivity contribution in [3.05, 3.63) is 29.3 Å². The maximum Gasteiger partial charge on any atom is 0.345 e. The molecule has 0 amide bonds. The van der Waals surface area contributed by atoms with Gasteiger partial charge in [0.25, 0.3) is 13.1 Å². The van der Waals surface area contributed by atoms with Crippen LogP contribution in [0.1, 0.15) is 74.8 Å². The number of hydrogen-bond acceptors (Lipinski definition) is 30. The van der Waals surface area contributed by atoms with Gasteiger partial charge in [-0.05, 0) is 147 Å². The van der Waals surface area contributed by atoms with E-state index in [0.29, 0.717) is 30.8 Å². The smallest absolute Gasteiger partial charge is 0.345 e. The number of ether oxygens (including phenoxy) is 7. The molecular weight excluding hydrogens is 1750 g/mol. The van der Waals surface area contributed by atoms with Crippen LogP contribution >= 0.6 is 53.5 Å². The van der Waals surface area contributed by atoms with E-state index in [4.69, 9.17) is 76.3 Å². The van der Waals surface area contributed by atoms with Crippen molar-refractivity contribution < 1.29 is 96.8 Å². The molecule has 53 heteroatoms. The third-order valence-corrected chi connectivity index (χ3v) is 40.6. The highest BCUT2D eigenvalue weighted by Crippen LogP contribution is 2.62. The lowest BCUT2D eigenvalue weighted by Gasteiger charge is -2.46. The Morgan fingerprint density at radius 2 is 0.675 bits per heavy atom. The summed E-state index contributed by atoms with van der Waals surface area (Å²) < 4.78 is 222. The minimum absolute atomic E-state index is 0.00132. The molecule has 0 aromatic carbocycles. The molecule has 0 saturated carbocycles. The third kappa shape index (κ3) is 22.8. The number of anilines is 2. The van der Waals surface area contributed by atoms with Crippen LogP contribution in [0.3, 0.4) is 0 Å². The molecule has 7 aliphatic rings. The molecule has 4 aromatic heterocycles. The van der Waals surface area contributed by atoms with Crippen molar-refractivity contribution in [2.75, 3.05) is 248 Å². The maximum atomic E-state index is 15.9. The summed E-state index contributed by atoms with van der Waals surface area (Å²) in [6.07, 6.45) is -4.72. The van der Waals surface area contributed by atoms with Crippen LogP contribution in [0.4, 0.5) is 11.8 Å². The first kappa shape index (κ1) is 101. The van der Waals surface area contributed by atoms with Crippen molar-refractivity contribution >= 4 is 87.6 Å². The van der Waals surface area contributed by atoms with Crippen molar-refractivity contribution in [2.45, 2.75) is 160 Å². The summed E-state index contributed by atoms with van der Waals surface area (Å²) in [6, 6.07) is 0.0822. The molecule has 0 spiro atoms. The molecule has 7 saturated heterocycles. The van der Waals surface area contributed by atoms with Crippen molar-refractivity contribution in [2.24, 2.45) is 0 Å². The van der Waals surface area contributed by atoms with E-state index in [1.165, 1.54) is 40.6 Å². The topological polar surface area (TPSA) is 453 Å². The minimum atomic E-state index is -4.07. The van der Waals surface area contributed by atoms with E-state index in [1.807, 2.05) is 48.5 Å². The fourth-order valence-electron chi connectivity index (χ4n) is 16.3. The number of aromatic nitrogens is 8. The molecular formula is C70H135N24O22P7. The Balaban J connectivity index is 0.717. The zero-order valence-electron chi connectivity index (χ0n) is 75.5. The predicted molar refractivity (Wildman–Crippen MR) is 464 cm³/mol. The molecule has 5 N–H and O–H groups in total. The molecule has 11 heterocycles. The number of fused-ring (bicyclic) bond motifs is 2. The van der Waals surface area contributed by atoms with Crippen LogP contribution in [-0.2, 0) is 96.8 Å². The zero-order chi connectivity index (χ0) is 90.1. The Labute approximate surface area is 722 Å². The quantitative estimate of drug-likeness (QED) is 0.0455. The molecule has 21 atom stereocenters. The van der Waals surface area contributed by atoms with Gasteiger partial charge in [0.15, 0.2) is 22.6 Å². The van der Waals surface area contributed by atoms with Crippen LogP contribution in [0.25, 0.3) is 22.3 Å². The van der Waals surface area contributed by atoms with E-state index in [9.17, 15) is 9.36 Å². The molecule has 7 aliphatic heterocycles. The molecule has 0 bridgehead atoms. The number of nitrogens with one attached hydrogen (secondary N) is 1. The molecule has 702 valence electrons. The third-order valence-electron chi connectivity index (χ3n) is 22.4. The Morgan fingerprint density at radius 1 is 0.382 bits per heavy atom. The predicted octanol–water partition coefficient (Wildman–Crippen LogP) is 5.68. The summed E-state index contributed by atoms with van der Waals surface area (Å²) in [5, 5.41) is 0. The Kier molecular flexibility index (Phi) is 33.9. The van der Waals surface area contributed by atoms with Crippen LogP contribution < -0.4 is 17.0 Å². The molecule has 7 fully saturated rings. The zero-order valence-corrected chi connectivity index (χ0v) is 81.7. The summed E-state index contributed by atoms with van der Waals surface area (Å²) in [6.45, 7) is 18.2. The van der Waals surface area contributed by atoms with Gasteiger partial charge in [-0.1, -0.05) is 13.8 Å². The fourth-order valence-corrected chi connectivity index (χ4v) is 30.5. The number of nitrogen functional groups attached to an aromatic ring is 2. The van der Waals surface area contributed by atoms with Crippen LogP contribution in [-0.4, -0.2) is 426 Å². The second-order valence-electron chi connectivity index (χ2n) is 34.5. The first-order valence-corrected chi connectivity index (χ1v) is 52.4. The average Bonchev–Trinajstić information content (AvgIpc) is 1.76. The number of aromatic amines is 1. The monoisotopic (exact) mass is 1880 g/mol. The lowest BCUT2D eigenvalue weighted by Crippen LogP contribution is -2.51. The average molecular weight is 1880 g/mol. The molecule has 11 rings (SSSR count). The standard InChI is InChI=1S/C70H135N24O22P7/c1-48(2)86-29-55(115-62(36-86)93-46-75-64-66(71)73-45-74-67(64)93)39-104-123(102,85(22)23)92-35-61(116-63(37-92)94-47-76-65-68(94)77-70(72)78-69(65)95)44-109-122(101,84(20)21)91-28-54(9)114-60(34-91)43-108-121(100,83(18)19)90-27-53(8)113-59(33-90)42-107-120(99,82(16)17)89-26-52(7)112-58(32-89)41-106-119(98,81(14)15)88-25-51(6)111-57(31-88)40-105-118(97,80(12)13)87-24-50(5)110-56(30-87)38-103-117(96,49(3)4)79(10)11/h45-63H,24-44H2,1-23H3,(H2,71,73,74)(H3,72,77,78,95)/t50-,51-,52-,53-,54-,55-,56-,57-,58-,59-,60-,61-,62+,63+,117?,118?,119?,120?,121?,122?,123?/m0/s1. The second-order valence-corrected chi connectivity index (χ2v) is 53.4. The maximum absolute atomic E-state index is 15.9. The lowest BCUT2D eigenvalue weighted by atomic mass is 10.2. The van der Waals surface area contributed by atoms with Gasteiger partial charge >= 0.3 is 46.0 Å². The Morgan fingerprint density at radius 3 is 0.992 bits per heavy atom. The molecule has 0 radical (unpaired) electrons. The molecule has 123 heavy (non-hydrogen) atoms. The molecule has 7 unspecified atom stereocenters. The lowest BCUT2D eigenvalue weighted by molar-refractivity contribution is -0.139. The summed E-state index contributed by atoms with van der Waals surface area (Å²) in [7, 11) is -3.41. The summed E-state index contributed by atoms with van der Waals surface area (Å²) in [5.41, 5.74) is 12.4. The highest BCUT2D eigenvalue weighted by molar-refractivity contribution is 7.57. The first-order valence-electron chi connectivity index (χ1n) is 41.6. The molecule has 4 aromatic rings. The van der Waals surface area contributed by atoms with Crippen LogP contribution in [0, 0.1) is 0 Å². The molecule has 0 aliphatic carbocycles. The SMILES string of the molecule is CC(C)N1C[C@@H](COP(=O)(N(C)C)N2C[C@@H](COP(=O)(N(C)C)N3C[C@@H](COP(=O)(N(C)C)N4C[C@@H](COP(=O)(N(C)C)N5C[C@@H](COP(=O)(N(C)C)N6C[C@@H](COP(=O)(N(C)C)N7C[C@@H](COP(=O)(C(C)C)N(C)C)O[C@@H](C)C7)O[C@@H](C)C6)O[C@@H](C)C5)O[C@@H](C)C4)O[C@@H](C)C3)O[C@@H](n3cnc4c(=O)[nH]c(N)nc43)C2)O[C@@H](n2cnc3c(N)ncnc32)C1. The van der Waals surface area contributed by atoms with Gasteiger partial charge in [-0.25, -0.2) is 80.7 Å². The van der Waals surface area contributed by atoms with Crippen molar-refractivity contribution in [1.82, 2.24) is 105 Å². The number of imidazole rings is 2. The normalized spacial score (nSPS) is 30.9. The van der Waals surface area contributed by atoms with Gasteiger partial charge in [0.1, 0.15) is 24.3 Å². The number of nitrogens with zero attached hydrogens (tertiary/aromatic N) is 21. The van der Waals surface area contributed by atoms with Gasteiger partial charge in [-0.3, -0.25) is 55.8 Å². The van der Waals surface area contributed by atoms with Gasteiger partial charge in [0, 0.05) is 96.8 Å². The summed E-state index contributed by atoms with van der Waals surface area (Å²) in [5.74, 6) is 0.0608. The van der Waals surface area contributed by atoms with Crippen LogP contribution in [0.5, 0.6) is 0 Å². The second kappa shape index (κ2) is 41.4.